The van der Waals surface area contributed by atoms with Crippen LogP contribution in [-0.2, 0) is 6.42 Å². The molecular formula is C11H12FNS. The molecule has 3 heteroatoms. The fourth-order valence-corrected chi connectivity index (χ4v) is 1.98. The molecule has 0 heterocycles. The number of hydrogen-bond donors (Lipinski definition) is 0. The van der Waals surface area contributed by atoms with Crippen molar-refractivity contribution in [2.75, 3.05) is 12.4 Å². The molecule has 0 radical (unpaired) electrons. The van der Waals surface area contributed by atoms with Gasteiger partial charge in [0.15, 0.2) is 0 Å². The molecule has 1 rings (SSSR count). The van der Waals surface area contributed by atoms with Crippen molar-refractivity contribution in [3.8, 4) is 6.07 Å². The van der Waals surface area contributed by atoms with Crippen LogP contribution in [0.2, 0.25) is 0 Å². The fourth-order valence-electron chi connectivity index (χ4n) is 1.08. The van der Waals surface area contributed by atoms with E-state index in [4.69, 9.17) is 5.26 Å². The first-order valence-corrected chi connectivity index (χ1v) is 5.50. The Kier molecular flexibility index (Phi) is 5.09. The maximum Gasteiger partial charge on any atom is 0.0902 e. The number of nitriles is 1. The highest BCUT2D eigenvalue weighted by atomic mass is 32.2. The third kappa shape index (κ3) is 3.80. The van der Waals surface area contributed by atoms with Crippen molar-refractivity contribution in [2.24, 2.45) is 0 Å². The minimum atomic E-state index is -0.259. The van der Waals surface area contributed by atoms with Gasteiger partial charge in [-0.1, -0.05) is 12.1 Å². The number of thioether (sulfide) groups is 1. The fraction of sp³-hybridized carbons (Fsp3) is 0.364. The molecule has 0 aliphatic heterocycles. The predicted octanol–water partition coefficient (Wildman–Crippen LogP) is 3.20. The van der Waals surface area contributed by atoms with Crippen molar-refractivity contribution in [2.45, 2.75) is 17.7 Å². The normalized spacial score (nSPS) is 9.71. The van der Waals surface area contributed by atoms with Crippen molar-refractivity contribution >= 4 is 11.8 Å². The van der Waals surface area contributed by atoms with E-state index in [0.29, 0.717) is 12.8 Å². The van der Waals surface area contributed by atoms with Crippen LogP contribution in [0.3, 0.4) is 0 Å². The summed E-state index contributed by atoms with van der Waals surface area (Å²) in [6.45, 7) is -0.259. The zero-order valence-electron chi connectivity index (χ0n) is 7.87. The van der Waals surface area contributed by atoms with Crippen LogP contribution in [0.1, 0.15) is 12.0 Å². The second-order valence-corrected chi connectivity index (χ2v) is 4.04. The van der Waals surface area contributed by atoms with Crippen molar-refractivity contribution in [1.82, 2.24) is 0 Å². The highest BCUT2D eigenvalue weighted by molar-refractivity contribution is 7.99. The lowest BCUT2D eigenvalue weighted by atomic mass is 10.2. The smallest absolute Gasteiger partial charge is 0.0902 e. The van der Waals surface area contributed by atoms with E-state index in [0.717, 1.165) is 16.2 Å². The molecule has 0 saturated heterocycles. The Balaban J connectivity index is 2.51. The van der Waals surface area contributed by atoms with Gasteiger partial charge in [0.2, 0.25) is 0 Å². The van der Waals surface area contributed by atoms with E-state index in [1.54, 1.807) is 11.8 Å². The molecule has 14 heavy (non-hydrogen) atoms. The molecule has 0 unspecified atom stereocenters. The van der Waals surface area contributed by atoms with Gasteiger partial charge in [0.25, 0.3) is 0 Å². The number of benzene rings is 1. The van der Waals surface area contributed by atoms with Gasteiger partial charge >= 0.3 is 0 Å². The van der Waals surface area contributed by atoms with Crippen LogP contribution in [0, 0.1) is 11.3 Å². The highest BCUT2D eigenvalue weighted by Crippen LogP contribution is 2.20. The highest BCUT2D eigenvalue weighted by Gasteiger charge is 1.96. The van der Waals surface area contributed by atoms with E-state index in [1.807, 2.05) is 24.3 Å². The molecule has 1 nitrogen and oxygen atoms in total. The summed E-state index contributed by atoms with van der Waals surface area (Å²) in [5.41, 5.74) is 1.03. The van der Waals surface area contributed by atoms with Crippen molar-refractivity contribution < 1.29 is 4.39 Å². The zero-order valence-corrected chi connectivity index (χ0v) is 8.69. The summed E-state index contributed by atoms with van der Waals surface area (Å²) >= 11 is 1.64. The van der Waals surface area contributed by atoms with Gasteiger partial charge in [-0.05, 0) is 24.1 Å². The first kappa shape index (κ1) is 11.1. The first-order chi connectivity index (χ1) is 6.86. The Morgan fingerprint density at radius 1 is 1.43 bits per heavy atom. The van der Waals surface area contributed by atoms with Gasteiger partial charge in [0.1, 0.15) is 0 Å². The van der Waals surface area contributed by atoms with E-state index in [2.05, 4.69) is 6.07 Å². The Labute approximate surface area is 87.9 Å². The molecule has 0 bridgehead atoms. The largest absolute Gasteiger partial charge is 0.251 e. The summed E-state index contributed by atoms with van der Waals surface area (Å²) in [7, 11) is 0. The Bertz CT molecular complexity index is 319. The molecule has 0 spiro atoms. The number of nitrogens with zero attached hydrogens (tertiary/aromatic N) is 1. The number of rotatable bonds is 5. The van der Waals surface area contributed by atoms with Gasteiger partial charge in [-0.2, -0.15) is 5.26 Å². The summed E-state index contributed by atoms with van der Waals surface area (Å²) in [4.78, 5) is 1.12. The molecule has 0 aromatic heterocycles. The molecule has 0 N–H and O–H groups in total. The van der Waals surface area contributed by atoms with Gasteiger partial charge < -0.3 is 0 Å². The lowest BCUT2D eigenvalue weighted by Crippen LogP contribution is -1.84. The zero-order chi connectivity index (χ0) is 10.2. The SMILES string of the molecule is N#CCc1cccc(SCCCF)c1. The summed E-state index contributed by atoms with van der Waals surface area (Å²) in [6, 6.07) is 9.96. The van der Waals surface area contributed by atoms with E-state index in [9.17, 15) is 4.39 Å². The molecule has 74 valence electrons. The van der Waals surface area contributed by atoms with Crippen LogP contribution >= 0.6 is 11.8 Å². The standard InChI is InChI=1S/C11H12FNS/c12-6-2-8-14-11-4-1-3-10(9-11)5-7-13/h1,3-4,9H,2,5-6,8H2. The Morgan fingerprint density at radius 3 is 3.00 bits per heavy atom. The maximum atomic E-state index is 11.8. The van der Waals surface area contributed by atoms with Crippen molar-refractivity contribution in [3.05, 3.63) is 29.8 Å². The van der Waals surface area contributed by atoms with Gasteiger partial charge in [0, 0.05) is 10.6 Å². The summed E-state index contributed by atoms with van der Waals surface area (Å²) in [5.74, 6) is 0.798. The lowest BCUT2D eigenvalue weighted by Gasteiger charge is -2.01. The molecule has 0 aliphatic carbocycles. The van der Waals surface area contributed by atoms with Crippen LogP contribution in [-0.4, -0.2) is 12.4 Å². The molecule has 1 aromatic rings. The van der Waals surface area contributed by atoms with E-state index >= 15 is 0 Å². The molecule has 0 atom stereocenters. The molecular weight excluding hydrogens is 197 g/mol. The Hall–Kier alpha value is -1.01. The average molecular weight is 209 g/mol. The molecule has 1 aromatic carbocycles. The minimum Gasteiger partial charge on any atom is -0.251 e. The van der Waals surface area contributed by atoms with Crippen LogP contribution < -0.4 is 0 Å². The number of halogens is 1. The van der Waals surface area contributed by atoms with E-state index in [-0.39, 0.29) is 6.67 Å². The predicted molar refractivity (Wildman–Crippen MR) is 57.1 cm³/mol. The van der Waals surface area contributed by atoms with Crippen LogP contribution in [0.4, 0.5) is 4.39 Å². The van der Waals surface area contributed by atoms with Crippen LogP contribution in [0.15, 0.2) is 29.2 Å². The Morgan fingerprint density at radius 2 is 2.29 bits per heavy atom. The molecule has 0 fully saturated rings. The van der Waals surface area contributed by atoms with E-state index in [1.165, 1.54) is 0 Å². The van der Waals surface area contributed by atoms with Crippen LogP contribution in [0.25, 0.3) is 0 Å². The average Bonchev–Trinajstić information content (AvgIpc) is 2.19. The lowest BCUT2D eigenvalue weighted by molar-refractivity contribution is 0.489. The molecule has 0 aliphatic rings. The summed E-state index contributed by atoms with van der Waals surface area (Å²) in [6.07, 6.45) is 1.03. The van der Waals surface area contributed by atoms with Gasteiger partial charge in [-0.3, -0.25) is 4.39 Å². The summed E-state index contributed by atoms with van der Waals surface area (Å²) < 4.78 is 11.8. The van der Waals surface area contributed by atoms with Crippen molar-refractivity contribution in [1.29, 1.82) is 5.26 Å². The molecule has 0 saturated carbocycles. The van der Waals surface area contributed by atoms with Gasteiger partial charge in [-0.25, -0.2) is 0 Å². The second-order valence-electron chi connectivity index (χ2n) is 2.87. The number of alkyl halides is 1. The van der Waals surface area contributed by atoms with Crippen molar-refractivity contribution in [3.63, 3.8) is 0 Å². The minimum absolute atomic E-state index is 0.259. The maximum absolute atomic E-state index is 11.8. The van der Waals surface area contributed by atoms with E-state index < -0.39 is 0 Å². The van der Waals surface area contributed by atoms with Crippen LogP contribution in [0.5, 0.6) is 0 Å². The molecule has 0 amide bonds. The number of hydrogen-bond acceptors (Lipinski definition) is 2. The summed E-state index contributed by atoms with van der Waals surface area (Å²) in [5, 5.41) is 8.52. The third-order valence-electron chi connectivity index (χ3n) is 1.73. The second kappa shape index (κ2) is 6.44. The third-order valence-corrected chi connectivity index (χ3v) is 2.81. The monoisotopic (exact) mass is 209 g/mol. The quantitative estimate of drug-likeness (QED) is 0.549. The topological polar surface area (TPSA) is 23.8 Å². The van der Waals surface area contributed by atoms with Gasteiger partial charge in [0.05, 0.1) is 19.2 Å². The first-order valence-electron chi connectivity index (χ1n) is 4.51. The van der Waals surface area contributed by atoms with Gasteiger partial charge in [-0.15, -0.1) is 11.8 Å².